The molecular weight excluding hydrogens is 385 g/mol. The third-order valence-electron chi connectivity index (χ3n) is 5.06. The Labute approximate surface area is 167 Å². The van der Waals surface area contributed by atoms with Gasteiger partial charge in [-0.3, -0.25) is 9.69 Å². The highest BCUT2D eigenvalue weighted by Crippen LogP contribution is 2.44. The lowest BCUT2D eigenvalue weighted by Gasteiger charge is -2.32. The molecule has 2 aromatic carbocycles. The molecule has 27 heavy (non-hydrogen) atoms. The molecule has 138 valence electrons. The molecule has 0 radical (unpaired) electrons. The van der Waals surface area contributed by atoms with Gasteiger partial charge in [-0.15, -0.1) is 0 Å². The minimum absolute atomic E-state index is 0.0805. The summed E-state index contributed by atoms with van der Waals surface area (Å²) in [7, 11) is 0. The zero-order valence-corrected chi connectivity index (χ0v) is 16.2. The van der Waals surface area contributed by atoms with E-state index < -0.39 is 11.9 Å². The maximum absolute atomic E-state index is 13.0. The van der Waals surface area contributed by atoms with Gasteiger partial charge < -0.3 is 4.74 Å². The topological polar surface area (TPSA) is 46.6 Å². The second-order valence-corrected chi connectivity index (χ2v) is 7.45. The van der Waals surface area contributed by atoms with Crippen molar-refractivity contribution in [1.82, 2.24) is 0 Å². The third kappa shape index (κ3) is 3.13. The van der Waals surface area contributed by atoms with E-state index in [1.54, 1.807) is 23.1 Å². The van der Waals surface area contributed by atoms with Crippen LogP contribution in [0.25, 0.3) is 0 Å². The van der Waals surface area contributed by atoms with Crippen molar-refractivity contribution in [3.63, 3.8) is 0 Å². The number of carbonyl (C=O) groups is 2. The number of anilines is 1. The first-order valence-electron chi connectivity index (χ1n) is 8.76. The molecule has 2 aliphatic rings. The Kier molecular flexibility index (Phi) is 4.70. The molecule has 1 atom stereocenters. The first-order valence-corrected chi connectivity index (χ1v) is 9.52. The summed E-state index contributed by atoms with van der Waals surface area (Å²) in [5.41, 5.74) is 3.72. The molecule has 2 aliphatic heterocycles. The molecule has 2 heterocycles. The average Bonchev–Trinajstić information content (AvgIpc) is 3.03. The first kappa shape index (κ1) is 18.1. The quantitative estimate of drug-likeness (QED) is 0.687. The zero-order chi connectivity index (χ0) is 19.1. The van der Waals surface area contributed by atoms with Crippen LogP contribution >= 0.6 is 23.2 Å². The monoisotopic (exact) mass is 401 g/mol. The summed E-state index contributed by atoms with van der Waals surface area (Å²) in [4.78, 5) is 27.1. The van der Waals surface area contributed by atoms with E-state index in [2.05, 4.69) is 6.92 Å². The first-order chi connectivity index (χ1) is 13.0. The van der Waals surface area contributed by atoms with Gasteiger partial charge in [-0.25, -0.2) is 4.79 Å². The van der Waals surface area contributed by atoms with E-state index in [0.29, 0.717) is 26.9 Å². The standard InChI is InChI=1S/C21H17Cl2NO3/c1-2-12-3-6-14(7-4-12)24-18-11-27-21(26)20(18)16(10-19(24)25)15-8-5-13(22)9-17(15)23/h3-9,16H,2,10-11H2,1H3/t16-/m0/s1. The molecule has 2 aromatic rings. The fourth-order valence-corrected chi connectivity index (χ4v) is 4.22. The summed E-state index contributed by atoms with van der Waals surface area (Å²) in [6.07, 6.45) is 1.06. The molecule has 4 rings (SSSR count). The lowest BCUT2D eigenvalue weighted by molar-refractivity contribution is -0.136. The highest BCUT2D eigenvalue weighted by atomic mass is 35.5. The van der Waals surface area contributed by atoms with E-state index >= 15 is 0 Å². The van der Waals surface area contributed by atoms with Gasteiger partial charge in [0.25, 0.3) is 0 Å². The van der Waals surface area contributed by atoms with Crippen LogP contribution < -0.4 is 4.90 Å². The second-order valence-electron chi connectivity index (χ2n) is 6.61. The number of esters is 1. The molecule has 0 aliphatic carbocycles. The van der Waals surface area contributed by atoms with Crippen LogP contribution in [0.2, 0.25) is 10.0 Å². The average molecular weight is 402 g/mol. The van der Waals surface area contributed by atoms with Crippen molar-refractivity contribution in [1.29, 1.82) is 0 Å². The second kappa shape index (κ2) is 7.02. The van der Waals surface area contributed by atoms with Crippen LogP contribution in [0, 0.1) is 0 Å². The molecular formula is C21H17Cl2NO3. The Morgan fingerprint density at radius 3 is 2.52 bits per heavy atom. The van der Waals surface area contributed by atoms with Crippen LogP contribution in [-0.2, 0) is 20.7 Å². The van der Waals surface area contributed by atoms with E-state index in [1.165, 1.54) is 5.56 Å². The number of nitrogens with zero attached hydrogens (tertiary/aromatic N) is 1. The largest absolute Gasteiger partial charge is 0.456 e. The van der Waals surface area contributed by atoms with Crippen LogP contribution in [0.3, 0.4) is 0 Å². The van der Waals surface area contributed by atoms with Gasteiger partial charge >= 0.3 is 5.97 Å². The molecule has 0 unspecified atom stereocenters. The number of aryl methyl sites for hydroxylation is 1. The summed E-state index contributed by atoms with van der Waals surface area (Å²) >= 11 is 12.3. The van der Waals surface area contributed by atoms with E-state index in [9.17, 15) is 9.59 Å². The fourth-order valence-electron chi connectivity index (χ4n) is 3.68. The van der Waals surface area contributed by atoms with E-state index in [0.717, 1.165) is 12.1 Å². The van der Waals surface area contributed by atoms with E-state index in [-0.39, 0.29) is 18.9 Å². The lowest BCUT2D eigenvalue weighted by atomic mass is 9.84. The minimum Gasteiger partial charge on any atom is -0.456 e. The molecule has 1 amide bonds. The van der Waals surface area contributed by atoms with Crippen molar-refractivity contribution in [3.8, 4) is 0 Å². The molecule has 0 bridgehead atoms. The molecule has 0 saturated carbocycles. The normalized spacial score (nSPS) is 19.4. The van der Waals surface area contributed by atoms with Crippen molar-refractivity contribution in [2.45, 2.75) is 25.7 Å². The van der Waals surface area contributed by atoms with Gasteiger partial charge in [-0.05, 0) is 41.8 Å². The summed E-state index contributed by atoms with van der Waals surface area (Å²) < 4.78 is 5.28. The Morgan fingerprint density at radius 1 is 1.11 bits per heavy atom. The van der Waals surface area contributed by atoms with E-state index in [4.69, 9.17) is 27.9 Å². The number of carbonyl (C=O) groups excluding carboxylic acids is 2. The van der Waals surface area contributed by atoms with Crippen molar-refractivity contribution in [2.24, 2.45) is 0 Å². The van der Waals surface area contributed by atoms with Crippen LogP contribution in [0.1, 0.15) is 30.4 Å². The number of amides is 1. The van der Waals surface area contributed by atoms with Gasteiger partial charge in [0, 0.05) is 28.1 Å². The van der Waals surface area contributed by atoms with Crippen LogP contribution in [-0.4, -0.2) is 18.5 Å². The smallest absolute Gasteiger partial charge is 0.336 e. The number of ether oxygens (including phenoxy) is 1. The summed E-state index contributed by atoms with van der Waals surface area (Å²) in [6, 6.07) is 12.9. The molecule has 0 spiro atoms. The Bertz CT molecular complexity index is 966. The van der Waals surface area contributed by atoms with Crippen molar-refractivity contribution in [3.05, 3.63) is 74.9 Å². The molecule has 0 N–H and O–H groups in total. The molecule has 4 nitrogen and oxygen atoms in total. The van der Waals surface area contributed by atoms with E-state index in [1.807, 2.05) is 24.3 Å². The number of hydrogen-bond acceptors (Lipinski definition) is 3. The predicted octanol–water partition coefficient (Wildman–Crippen LogP) is 4.89. The SMILES string of the molecule is CCc1ccc(N2C(=O)C[C@@H](c3ccc(Cl)cc3Cl)C3=C2COC3=O)cc1. The lowest BCUT2D eigenvalue weighted by Crippen LogP contribution is -2.37. The van der Waals surface area contributed by atoms with Gasteiger partial charge in [0.2, 0.25) is 5.91 Å². The van der Waals surface area contributed by atoms with Gasteiger partial charge in [0.15, 0.2) is 0 Å². The Hall–Kier alpha value is -2.30. The Balaban J connectivity index is 1.81. The van der Waals surface area contributed by atoms with Crippen LogP contribution in [0.4, 0.5) is 5.69 Å². The number of halogens is 2. The highest BCUT2D eigenvalue weighted by molar-refractivity contribution is 6.35. The van der Waals surface area contributed by atoms with Gasteiger partial charge in [-0.1, -0.05) is 48.3 Å². The Morgan fingerprint density at radius 2 is 1.85 bits per heavy atom. The van der Waals surface area contributed by atoms with Crippen molar-refractivity contribution >= 4 is 40.8 Å². The van der Waals surface area contributed by atoms with Crippen LogP contribution in [0.15, 0.2) is 53.7 Å². The molecule has 6 heteroatoms. The highest BCUT2D eigenvalue weighted by Gasteiger charge is 2.43. The van der Waals surface area contributed by atoms with Crippen molar-refractivity contribution < 1.29 is 14.3 Å². The molecule has 0 aromatic heterocycles. The summed E-state index contributed by atoms with van der Waals surface area (Å²) in [5.74, 6) is -0.922. The number of benzene rings is 2. The number of cyclic esters (lactones) is 1. The van der Waals surface area contributed by atoms with Gasteiger partial charge in [0.1, 0.15) is 6.61 Å². The van der Waals surface area contributed by atoms with Gasteiger partial charge in [0.05, 0.1) is 11.3 Å². The summed E-state index contributed by atoms with van der Waals surface area (Å²) in [6.45, 7) is 2.16. The number of rotatable bonds is 3. The van der Waals surface area contributed by atoms with Crippen molar-refractivity contribution in [2.75, 3.05) is 11.5 Å². The maximum atomic E-state index is 13.0. The fraction of sp³-hybridized carbons (Fsp3) is 0.238. The predicted molar refractivity (Wildman–Crippen MR) is 105 cm³/mol. The zero-order valence-electron chi connectivity index (χ0n) is 14.7. The molecule has 0 saturated heterocycles. The maximum Gasteiger partial charge on any atom is 0.336 e. The number of hydrogen-bond donors (Lipinski definition) is 0. The summed E-state index contributed by atoms with van der Waals surface area (Å²) in [5, 5.41) is 0.944. The third-order valence-corrected chi connectivity index (χ3v) is 5.62. The minimum atomic E-state index is -0.432. The molecule has 0 fully saturated rings. The van der Waals surface area contributed by atoms with Gasteiger partial charge in [-0.2, -0.15) is 0 Å². The van der Waals surface area contributed by atoms with Crippen LogP contribution in [0.5, 0.6) is 0 Å².